The number of rotatable bonds is 6. The largest absolute Gasteiger partial charge is 0.490 e. The lowest BCUT2D eigenvalue weighted by molar-refractivity contribution is -0.129. The van der Waals surface area contributed by atoms with E-state index >= 15 is 0 Å². The van der Waals surface area contributed by atoms with Crippen LogP contribution in [-0.2, 0) is 9.53 Å². The molecule has 0 aliphatic carbocycles. The molecule has 0 aromatic heterocycles. The van der Waals surface area contributed by atoms with Gasteiger partial charge in [-0.2, -0.15) is 0 Å². The van der Waals surface area contributed by atoms with Crippen LogP contribution in [0.15, 0.2) is 47.1 Å². The van der Waals surface area contributed by atoms with E-state index in [1.807, 2.05) is 13.8 Å². The van der Waals surface area contributed by atoms with Gasteiger partial charge in [0.15, 0.2) is 17.2 Å². The summed E-state index contributed by atoms with van der Waals surface area (Å²) in [6.45, 7) is 4.63. The Balaban J connectivity index is 1.98. The van der Waals surface area contributed by atoms with Crippen molar-refractivity contribution in [1.29, 1.82) is 0 Å². The molecule has 1 aliphatic heterocycles. The van der Waals surface area contributed by atoms with Crippen LogP contribution in [0.5, 0.6) is 11.5 Å². The van der Waals surface area contributed by atoms with E-state index in [2.05, 4.69) is 4.99 Å². The highest BCUT2D eigenvalue weighted by Gasteiger charge is 2.25. The summed E-state index contributed by atoms with van der Waals surface area (Å²) in [7, 11) is 0. The summed E-state index contributed by atoms with van der Waals surface area (Å²) in [5.41, 5.74) is 1.34. The van der Waals surface area contributed by atoms with E-state index in [4.69, 9.17) is 37.4 Å². The Hall–Kier alpha value is -2.50. The number of hydrogen-bond acceptors (Lipinski definition) is 5. The average molecular weight is 406 g/mol. The molecule has 1 heterocycles. The molecule has 0 unspecified atom stereocenters. The summed E-state index contributed by atoms with van der Waals surface area (Å²) >= 11 is 12.5. The van der Waals surface area contributed by atoms with Crippen molar-refractivity contribution in [3.8, 4) is 11.5 Å². The fourth-order valence-corrected chi connectivity index (χ4v) is 3.03. The third-order valence-electron chi connectivity index (χ3n) is 3.65. The molecule has 140 valence electrons. The predicted molar refractivity (Wildman–Crippen MR) is 106 cm³/mol. The maximum atomic E-state index is 12.2. The summed E-state index contributed by atoms with van der Waals surface area (Å²) < 4.78 is 16.4. The summed E-state index contributed by atoms with van der Waals surface area (Å²) in [5.74, 6) is 0.574. The molecule has 3 rings (SSSR count). The minimum absolute atomic E-state index is 0.146. The summed E-state index contributed by atoms with van der Waals surface area (Å²) in [5, 5.41) is 0.837. The topological polar surface area (TPSA) is 57.1 Å². The highest BCUT2D eigenvalue weighted by molar-refractivity contribution is 6.34. The highest BCUT2D eigenvalue weighted by Crippen LogP contribution is 2.37. The molecule has 0 N–H and O–H groups in total. The summed E-state index contributed by atoms with van der Waals surface area (Å²) in [6, 6.07) is 10.4. The zero-order chi connectivity index (χ0) is 19.4. The Bertz CT molecular complexity index is 938. The number of benzene rings is 2. The van der Waals surface area contributed by atoms with E-state index in [0.29, 0.717) is 45.9 Å². The standard InChI is InChI=1S/C20H17Cl2NO4/c1-3-25-17-11-12(9-15(22)18(17)26-4-2)10-16-20(24)27-19(23-16)13-7-5-6-8-14(13)21/h5-11H,3-4H2,1-2H3/b16-10-. The molecule has 0 bridgehead atoms. The van der Waals surface area contributed by atoms with Crippen molar-refractivity contribution in [2.24, 2.45) is 4.99 Å². The average Bonchev–Trinajstić information content (AvgIpc) is 2.99. The minimum Gasteiger partial charge on any atom is -0.490 e. The van der Waals surface area contributed by atoms with Crippen molar-refractivity contribution in [2.75, 3.05) is 13.2 Å². The molecule has 0 spiro atoms. The molecular formula is C20H17Cl2NO4. The smallest absolute Gasteiger partial charge is 0.363 e. The zero-order valence-corrected chi connectivity index (χ0v) is 16.3. The second-order valence-corrected chi connectivity index (χ2v) is 6.33. The molecule has 0 saturated carbocycles. The summed E-state index contributed by atoms with van der Waals surface area (Å²) in [6.07, 6.45) is 1.58. The van der Waals surface area contributed by atoms with Crippen molar-refractivity contribution in [2.45, 2.75) is 13.8 Å². The third kappa shape index (κ3) is 4.26. The van der Waals surface area contributed by atoms with Crippen molar-refractivity contribution in [3.05, 3.63) is 63.3 Å². The van der Waals surface area contributed by atoms with Gasteiger partial charge >= 0.3 is 5.97 Å². The first-order chi connectivity index (χ1) is 13.0. The third-order valence-corrected chi connectivity index (χ3v) is 4.26. The Morgan fingerprint density at radius 1 is 1.07 bits per heavy atom. The van der Waals surface area contributed by atoms with E-state index in [1.165, 1.54) is 0 Å². The molecule has 5 nitrogen and oxygen atoms in total. The van der Waals surface area contributed by atoms with Crippen LogP contribution >= 0.6 is 23.2 Å². The van der Waals surface area contributed by atoms with Crippen molar-refractivity contribution < 1.29 is 19.0 Å². The van der Waals surface area contributed by atoms with Crippen LogP contribution in [0, 0.1) is 0 Å². The van der Waals surface area contributed by atoms with Gasteiger partial charge in [-0.25, -0.2) is 9.79 Å². The van der Waals surface area contributed by atoms with Gasteiger partial charge in [-0.1, -0.05) is 35.3 Å². The fourth-order valence-electron chi connectivity index (χ4n) is 2.54. The molecule has 0 amide bonds. The number of carbonyl (C=O) groups is 1. The molecule has 7 heteroatoms. The quantitative estimate of drug-likeness (QED) is 0.493. The van der Waals surface area contributed by atoms with Crippen LogP contribution in [0.3, 0.4) is 0 Å². The van der Waals surface area contributed by atoms with Crippen LogP contribution in [-0.4, -0.2) is 25.1 Å². The van der Waals surface area contributed by atoms with Crippen LogP contribution in [0.4, 0.5) is 0 Å². The zero-order valence-electron chi connectivity index (χ0n) is 14.8. The number of nitrogens with zero attached hydrogens (tertiary/aromatic N) is 1. The minimum atomic E-state index is -0.562. The van der Waals surface area contributed by atoms with Gasteiger partial charge in [0, 0.05) is 0 Å². The molecule has 2 aromatic rings. The first-order valence-electron chi connectivity index (χ1n) is 8.40. The van der Waals surface area contributed by atoms with Gasteiger partial charge in [0.2, 0.25) is 5.90 Å². The molecule has 0 saturated heterocycles. The Labute approximate surface area is 167 Å². The number of aliphatic imine (C=N–C) groups is 1. The number of cyclic esters (lactones) is 1. The summed E-state index contributed by atoms with van der Waals surface area (Å²) in [4.78, 5) is 16.5. The van der Waals surface area contributed by atoms with Crippen LogP contribution in [0.2, 0.25) is 10.0 Å². The molecule has 1 aliphatic rings. The Morgan fingerprint density at radius 3 is 2.52 bits per heavy atom. The van der Waals surface area contributed by atoms with Gasteiger partial charge < -0.3 is 14.2 Å². The SMILES string of the molecule is CCOc1cc(/C=C2\N=C(c3ccccc3Cl)OC2=O)cc(Cl)c1OCC. The molecule has 0 fully saturated rings. The fraction of sp³-hybridized carbons (Fsp3) is 0.200. The molecular weight excluding hydrogens is 389 g/mol. The van der Waals surface area contributed by atoms with E-state index in [9.17, 15) is 4.79 Å². The first kappa shape index (κ1) is 19.3. The first-order valence-corrected chi connectivity index (χ1v) is 9.15. The van der Waals surface area contributed by atoms with Crippen LogP contribution in [0.1, 0.15) is 25.0 Å². The molecule has 27 heavy (non-hydrogen) atoms. The second kappa shape index (κ2) is 8.46. The van der Waals surface area contributed by atoms with Gasteiger partial charge in [-0.3, -0.25) is 0 Å². The second-order valence-electron chi connectivity index (χ2n) is 5.51. The Morgan fingerprint density at radius 2 is 1.81 bits per heavy atom. The van der Waals surface area contributed by atoms with E-state index in [-0.39, 0.29) is 11.6 Å². The monoisotopic (exact) mass is 405 g/mol. The Kier molecular flexibility index (Phi) is 6.04. The van der Waals surface area contributed by atoms with Crippen LogP contribution in [0.25, 0.3) is 6.08 Å². The molecule has 0 radical (unpaired) electrons. The van der Waals surface area contributed by atoms with Crippen LogP contribution < -0.4 is 9.47 Å². The van der Waals surface area contributed by atoms with Crippen molar-refractivity contribution in [3.63, 3.8) is 0 Å². The number of ether oxygens (including phenoxy) is 3. The number of carbonyl (C=O) groups excluding carboxylic acids is 1. The van der Waals surface area contributed by atoms with Gasteiger partial charge in [0.1, 0.15) is 0 Å². The lowest BCUT2D eigenvalue weighted by Crippen LogP contribution is -2.05. The highest BCUT2D eigenvalue weighted by atomic mass is 35.5. The maximum absolute atomic E-state index is 12.2. The molecule has 2 aromatic carbocycles. The molecule has 0 atom stereocenters. The van der Waals surface area contributed by atoms with E-state index < -0.39 is 5.97 Å². The number of esters is 1. The maximum Gasteiger partial charge on any atom is 0.363 e. The van der Waals surface area contributed by atoms with Crippen molar-refractivity contribution in [1.82, 2.24) is 0 Å². The van der Waals surface area contributed by atoms with Crippen molar-refractivity contribution >= 4 is 41.1 Å². The lowest BCUT2D eigenvalue weighted by atomic mass is 10.1. The van der Waals surface area contributed by atoms with Gasteiger partial charge in [0.25, 0.3) is 0 Å². The normalized spacial score (nSPS) is 14.9. The number of hydrogen-bond donors (Lipinski definition) is 0. The van der Waals surface area contributed by atoms with E-state index in [0.717, 1.165) is 0 Å². The predicted octanol–water partition coefficient (Wildman–Crippen LogP) is 5.14. The van der Waals surface area contributed by atoms with Gasteiger partial charge in [0.05, 0.1) is 28.8 Å². The number of halogens is 2. The van der Waals surface area contributed by atoms with Gasteiger partial charge in [-0.15, -0.1) is 0 Å². The van der Waals surface area contributed by atoms with Gasteiger partial charge in [-0.05, 0) is 49.8 Å². The van der Waals surface area contributed by atoms with E-state index in [1.54, 1.807) is 42.5 Å². The lowest BCUT2D eigenvalue weighted by Gasteiger charge is -2.13.